The number of halogens is 1. The first kappa shape index (κ1) is 21.1. The van der Waals surface area contributed by atoms with Gasteiger partial charge in [-0.25, -0.2) is 4.39 Å². The Morgan fingerprint density at radius 2 is 1.97 bits per heavy atom. The molecule has 0 bridgehead atoms. The van der Waals surface area contributed by atoms with Gasteiger partial charge in [0.25, 0.3) is 5.91 Å². The van der Waals surface area contributed by atoms with Gasteiger partial charge in [0, 0.05) is 42.0 Å². The summed E-state index contributed by atoms with van der Waals surface area (Å²) in [5, 5.41) is 8.39. The zero-order valence-corrected chi connectivity index (χ0v) is 18.3. The van der Waals surface area contributed by atoms with Gasteiger partial charge in [-0.2, -0.15) is 5.10 Å². The number of carbonyl (C=O) groups is 1. The van der Waals surface area contributed by atoms with E-state index in [4.69, 9.17) is 9.47 Å². The Labute approximate surface area is 190 Å². The lowest BCUT2D eigenvalue weighted by atomic mass is 10.0. The monoisotopic (exact) mass is 448 g/mol. The lowest BCUT2D eigenvalue weighted by molar-refractivity contribution is 0.0786. The largest absolute Gasteiger partial charge is 0.497 e. The molecule has 2 aromatic carbocycles. The molecule has 2 aromatic heterocycles. The maximum atomic E-state index is 13.4. The average molecular weight is 448 g/mol. The summed E-state index contributed by atoms with van der Waals surface area (Å²) in [5.41, 5.74) is 3.07. The third kappa shape index (κ3) is 4.55. The van der Waals surface area contributed by atoms with Gasteiger partial charge >= 0.3 is 0 Å². The van der Waals surface area contributed by atoms with Crippen LogP contribution in [0, 0.1) is 5.82 Å². The van der Waals surface area contributed by atoms with Crippen LogP contribution in [0.2, 0.25) is 0 Å². The minimum atomic E-state index is -0.326. The summed E-state index contributed by atoms with van der Waals surface area (Å²) in [6.45, 7) is 1.80. The fraction of sp³-hybridized carbons (Fsp3) is 0.280. The van der Waals surface area contributed by atoms with Crippen molar-refractivity contribution in [1.29, 1.82) is 0 Å². The maximum Gasteiger partial charge on any atom is 0.270 e. The third-order valence-electron chi connectivity index (χ3n) is 6.06. The molecule has 1 aliphatic heterocycles. The highest BCUT2D eigenvalue weighted by Gasteiger charge is 2.30. The summed E-state index contributed by atoms with van der Waals surface area (Å²) in [7, 11) is 1.63. The van der Waals surface area contributed by atoms with E-state index in [0.29, 0.717) is 37.3 Å². The van der Waals surface area contributed by atoms with Crippen LogP contribution in [-0.2, 0) is 6.42 Å². The number of aromatic amines is 2. The van der Waals surface area contributed by atoms with Crippen molar-refractivity contribution in [1.82, 2.24) is 20.1 Å². The number of fused-ring (bicyclic) bond motifs is 1. The predicted octanol–water partition coefficient (Wildman–Crippen LogP) is 4.29. The Hall–Kier alpha value is -3.81. The quantitative estimate of drug-likeness (QED) is 0.442. The molecule has 3 heterocycles. The first-order valence-corrected chi connectivity index (χ1v) is 11.0. The number of rotatable bonds is 7. The second-order valence-corrected chi connectivity index (χ2v) is 8.24. The molecule has 0 saturated carbocycles. The molecule has 1 fully saturated rings. The number of ether oxygens (including phenoxy) is 2. The molecule has 0 spiro atoms. The molecule has 1 unspecified atom stereocenters. The smallest absolute Gasteiger partial charge is 0.270 e. The second-order valence-electron chi connectivity index (χ2n) is 8.24. The Morgan fingerprint density at radius 1 is 1.15 bits per heavy atom. The van der Waals surface area contributed by atoms with Gasteiger partial charge in [0.15, 0.2) is 0 Å². The molecular weight excluding hydrogens is 423 g/mol. The molecule has 0 aliphatic carbocycles. The number of H-pyrrole nitrogens is 2. The van der Waals surface area contributed by atoms with Crippen LogP contribution in [0.3, 0.4) is 0 Å². The topological polar surface area (TPSA) is 83.2 Å². The number of amides is 1. The molecule has 1 atom stereocenters. The van der Waals surface area contributed by atoms with E-state index in [9.17, 15) is 9.18 Å². The zero-order valence-electron chi connectivity index (χ0n) is 18.3. The van der Waals surface area contributed by atoms with Gasteiger partial charge in [0.2, 0.25) is 0 Å². The number of methoxy groups -OCH3 is 1. The lowest BCUT2D eigenvalue weighted by Crippen LogP contribution is -2.28. The standard InChI is InChI=1S/C25H25FN4O3/c1-32-20-4-6-21(7-5-20)33-11-9-19-14-23(29-28-19)17-8-10-30(15-17)25(31)24-12-16-2-3-18(26)13-22(16)27-24/h2-7,12-14,17,27H,8-11,15H2,1H3,(H,28,29). The highest BCUT2D eigenvalue weighted by Crippen LogP contribution is 2.28. The van der Waals surface area contributed by atoms with E-state index in [1.807, 2.05) is 29.2 Å². The summed E-state index contributed by atoms with van der Waals surface area (Å²) in [6, 6.07) is 15.8. The van der Waals surface area contributed by atoms with Crippen LogP contribution in [0.15, 0.2) is 54.6 Å². The number of nitrogens with zero attached hydrogens (tertiary/aromatic N) is 2. The van der Waals surface area contributed by atoms with E-state index >= 15 is 0 Å². The van der Waals surface area contributed by atoms with Crippen LogP contribution in [0.1, 0.15) is 34.2 Å². The number of benzene rings is 2. The van der Waals surface area contributed by atoms with Gasteiger partial charge in [-0.1, -0.05) is 0 Å². The third-order valence-corrected chi connectivity index (χ3v) is 6.06. The lowest BCUT2D eigenvalue weighted by Gasteiger charge is -2.15. The normalized spacial score (nSPS) is 15.8. The summed E-state index contributed by atoms with van der Waals surface area (Å²) in [4.78, 5) is 17.8. The Bertz CT molecular complexity index is 1260. The minimum Gasteiger partial charge on any atom is -0.497 e. The average Bonchev–Trinajstić information content (AvgIpc) is 3.58. The van der Waals surface area contributed by atoms with E-state index in [2.05, 4.69) is 21.2 Å². The summed E-state index contributed by atoms with van der Waals surface area (Å²) < 4.78 is 24.4. The zero-order chi connectivity index (χ0) is 22.8. The molecule has 0 radical (unpaired) electrons. The van der Waals surface area contributed by atoms with Crippen molar-refractivity contribution in [2.75, 3.05) is 26.8 Å². The van der Waals surface area contributed by atoms with Crippen LogP contribution in [0.4, 0.5) is 4.39 Å². The van der Waals surface area contributed by atoms with E-state index in [0.717, 1.165) is 34.7 Å². The van der Waals surface area contributed by atoms with E-state index in [-0.39, 0.29) is 17.6 Å². The molecule has 8 heteroatoms. The number of carbonyl (C=O) groups excluding carboxylic acids is 1. The highest BCUT2D eigenvalue weighted by atomic mass is 19.1. The van der Waals surface area contributed by atoms with Crippen molar-refractivity contribution < 1.29 is 18.7 Å². The molecule has 1 amide bonds. The second kappa shape index (κ2) is 8.97. The van der Waals surface area contributed by atoms with Gasteiger partial charge in [-0.3, -0.25) is 9.89 Å². The van der Waals surface area contributed by atoms with Crippen molar-refractivity contribution in [2.24, 2.45) is 0 Å². The van der Waals surface area contributed by atoms with Gasteiger partial charge in [0.1, 0.15) is 23.0 Å². The summed E-state index contributed by atoms with van der Waals surface area (Å²) in [5.74, 6) is 1.37. The van der Waals surface area contributed by atoms with Crippen LogP contribution < -0.4 is 9.47 Å². The van der Waals surface area contributed by atoms with Gasteiger partial charge < -0.3 is 19.4 Å². The van der Waals surface area contributed by atoms with Gasteiger partial charge in [-0.05, 0) is 61.0 Å². The van der Waals surface area contributed by atoms with Gasteiger partial charge in [-0.15, -0.1) is 0 Å². The molecule has 5 rings (SSSR count). The van der Waals surface area contributed by atoms with Crippen molar-refractivity contribution in [3.63, 3.8) is 0 Å². The molecule has 1 aliphatic rings. The number of hydrogen-bond acceptors (Lipinski definition) is 4. The first-order chi connectivity index (χ1) is 16.1. The molecule has 4 aromatic rings. The Morgan fingerprint density at radius 3 is 2.79 bits per heavy atom. The molecular formula is C25H25FN4O3. The number of aromatic nitrogens is 3. The van der Waals surface area contributed by atoms with Crippen LogP contribution in [-0.4, -0.2) is 52.8 Å². The van der Waals surface area contributed by atoms with Crippen molar-refractivity contribution in [3.8, 4) is 11.5 Å². The van der Waals surface area contributed by atoms with Crippen LogP contribution in [0.5, 0.6) is 11.5 Å². The first-order valence-electron chi connectivity index (χ1n) is 11.0. The fourth-order valence-electron chi connectivity index (χ4n) is 4.24. The Kier molecular flexibility index (Phi) is 5.73. The van der Waals surface area contributed by atoms with Gasteiger partial charge in [0.05, 0.1) is 19.4 Å². The van der Waals surface area contributed by atoms with E-state index in [1.54, 1.807) is 19.2 Å². The maximum absolute atomic E-state index is 13.4. The Balaban J connectivity index is 1.16. The number of hydrogen-bond donors (Lipinski definition) is 2. The highest BCUT2D eigenvalue weighted by molar-refractivity contribution is 5.98. The van der Waals surface area contributed by atoms with Crippen molar-refractivity contribution in [2.45, 2.75) is 18.8 Å². The number of likely N-dealkylation sites (tertiary alicyclic amines) is 1. The van der Waals surface area contributed by atoms with E-state index in [1.165, 1.54) is 12.1 Å². The number of nitrogens with one attached hydrogen (secondary N) is 2. The predicted molar refractivity (Wildman–Crippen MR) is 122 cm³/mol. The van der Waals surface area contributed by atoms with E-state index < -0.39 is 0 Å². The molecule has 170 valence electrons. The molecule has 2 N–H and O–H groups in total. The summed E-state index contributed by atoms with van der Waals surface area (Å²) >= 11 is 0. The van der Waals surface area contributed by atoms with Crippen LogP contribution in [0.25, 0.3) is 10.9 Å². The summed E-state index contributed by atoms with van der Waals surface area (Å²) in [6.07, 6.45) is 1.56. The van der Waals surface area contributed by atoms with Crippen LogP contribution >= 0.6 is 0 Å². The molecule has 7 nitrogen and oxygen atoms in total. The fourth-order valence-corrected chi connectivity index (χ4v) is 4.24. The van der Waals surface area contributed by atoms with Crippen molar-refractivity contribution in [3.05, 3.63) is 77.5 Å². The molecule has 33 heavy (non-hydrogen) atoms. The molecule has 1 saturated heterocycles. The SMILES string of the molecule is COc1ccc(OCCc2cc(C3CCN(C(=O)c4cc5ccc(F)cc5[nH]4)C3)n[nH]2)cc1. The minimum absolute atomic E-state index is 0.0715. The van der Waals surface area contributed by atoms with Crippen molar-refractivity contribution >= 4 is 16.8 Å².